The van der Waals surface area contributed by atoms with E-state index in [-0.39, 0.29) is 6.10 Å². The van der Waals surface area contributed by atoms with Crippen molar-refractivity contribution in [3.8, 4) is 5.88 Å². The molecule has 1 aliphatic heterocycles. The van der Waals surface area contributed by atoms with Crippen LogP contribution in [0.15, 0.2) is 41.8 Å². The summed E-state index contributed by atoms with van der Waals surface area (Å²) in [6.07, 6.45) is 10.3. The lowest BCUT2D eigenvalue weighted by Crippen LogP contribution is -2.51. The monoisotopic (exact) mass is 381 g/mol. The number of nitrogens with two attached hydrogens (primary N) is 1. The molecule has 0 radical (unpaired) electrons. The minimum atomic E-state index is 0.281. The number of aromatic nitrogens is 3. The van der Waals surface area contributed by atoms with Crippen molar-refractivity contribution in [1.29, 1.82) is 0 Å². The van der Waals surface area contributed by atoms with E-state index >= 15 is 0 Å². The Morgan fingerprint density at radius 2 is 1.75 bits per heavy atom. The van der Waals surface area contributed by atoms with Crippen molar-refractivity contribution >= 4 is 11.9 Å². The first-order valence-corrected chi connectivity index (χ1v) is 9.97. The number of aliphatic imine (C=N–C) groups is 1. The second-order valence-electron chi connectivity index (χ2n) is 7.19. The fourth-order valence-corrected chi connectivity index (χ4v) is 3.67. The van der Waals surface area contributed by atoms with Crippen LogP contribution in [0.3, 0.4) is 0 Å². The van der Waals surface area contributed by atoms with E-state index in [0.29, 0.717) is 18.4 Å². The molecule has 0 unspecified atom stereocenters. The van der Waals surface area contributed by atoms with E-state index in [0.717, 1.165) is 50.5 Å². The molecule has 0 spiro atoms. The third-order valence-electron chi connectivity index (χ3n) is 5.28. The predicted molar refractivity (Wildman–Crippen MR) is 108 cm³/mol. The molecular weight excluding hydrogens is 354 g/mol. The molecule has 28 heavy (non-hydrogen) atoms. The maximum atomic E-state index is 6.26. The Kier molecular flexibility index (Phi) is 5.84. The Labute approximate surface area is 165 Å². The number of guanidine groups is 1. The van der Waals surface area contributed by atoms with Crippen LogP contribution in [0.4, 0.5) is 5.95 Å². The van der Waals surface area contributed by atoms with Crippen LogP contribution < -0.4 is 15.4 Å². The molecule has 4 rings (SSSR count). The first kappa shape index (κ1) is 18.5. The fraction of sp³-hybridized carbons (Fsp3) is 0.500. The molecule has 148 valence electrons. The zero-order valence-corrected chi connectivity index (χ0v) is 16.1. The van der Waals surface area contributed by atoms with Crippen LogP contribution in [-0.2, 0) is 6.54 Å². The van der Waals surface area contributed by atoms with Gasteiger partial charge in [-0.05, 0) is 37.8 Å². The highest BCUT2D eigenvalue weighted by atomic mass is 16.5. The number of hydrogen-bond donors (Lipinski definition) is 1. The first-order valence-electron chi connectivity index (χ1n) is 9.97. The molecule has 2 aromatic heterocycles. The van der Waals surface area contributed by atoms with E-state index in [9.17, 15) is 0 Å². The second kappa shape index (κ2) is 8.86. The number of hydrogen-bond acceptors (Lipinski definition) is 6. The van der Waals surface area contributed by atoms with Gasteiger partial charge in [-0.2, -0.15) is 0 Å². The van der Waals surface area contributed by atoms with Crippen molar-refractivity contribution in [3.63, 3.8) is 0 Å². The molecule has 0 amide bonds. The molecule has 0 aromatic carbocycles. The summed E-state index contributed by atoms with van der Waals surface area (Å²) in [5.41, 5.74) is 7.24. The summed E-state index contributed by atoms with van der Waals surface area (Å²) in [5.74, 6) is 2.02. The Morgan fingerprint density at radius 1 is 1.04 bits per heavy atom. The molecular formula is C20H27N7O. The number of rotatable bonds is 5. The average Bonchev–Trinajstić information content (AvgIpc) is 3.27. The SMILES string of the molecule is NC(=NCc1cccnc1OC1CCCC1)N1CCN(c2ncccn2)CC1. The molecule has 2 aliphatic rings. The molecule has 2 N–H and O–H groups in total. The zero-order valence-electron chi connectivity index (χ0n) is 16.1. The van der Waals surface area contributed by atoms with E-state index in [1.807, 2.05) is 18.2 Å². The Morgan fingerprint density at radius 3 is 2.50 bits per heavy atom. The highest BCUT2D eigenvalue weighted by molar-refractivity contribution is 5.78. The lowest BCUT2D eigenvalue weighted by molar-refractivity contribution is 0.199. The van der Waals surface area contributed by atoms with Crippen LogP contribution in [0, 0.1) is 0 Å². The minimum Gasteiger partial charge on any atom is -0.474 e. The molecule has 2 fully saturated rings. The van der Waals surface area contributed by atoms with Gasteiger partial charge in [0, 0.05) is 50.3 Å². The Balaban J connectivity index is 1.34. The van der Waals surface area contributed by atoms with E-state index < -0.39 is 0 Å². The molecule has 1 aliphatic carbocycles. The van der Waals surface area contributed by atoms with Gasteiger partial charge in [-0.3, -0.25) is 0 Å². The quantitative estimate of drug-likeness (QED) is 0.624. The zero-order chi connectivity index (χ0) is 19.2. The third-order valence-corrected chi connectivity index (χ3v) is 5.28. The maximum Gasteiger partial charge on any atom is 0.225 e. The summed E-state index contributed by atoms with van der Waals surface area (Å²) in [6.45, 7) is 3.72. The highest BCUT2D eigenvalue weighted by Gasteiger charge is 2.21. The summed E-state index contributed by atoms with van der Waals surface area (Å²) in [7, 11) is 0. The van der Waals surface area contributed by atoms with Gasteiger partial charge in [0.25, 0.3) is 0 Å². The van der Waals surface area contributed by atoms with Crippen molar-refractivity contribution in [2.75, 3.05) is 31.1 Å². The van der Waals surface area contributed by atoms with E-state index in [1.165, 1.54) is 12.8 Å². The largest absolute Gasteiger partial charge is 0.474 e. The first-order chi connectivity index (χ1) is 13.8. The number of piperazine rings is 1. The van der Waals surface area contributed by atoms with Crippen LogP contribution in [-0.4, -0.2) is 58.1 Å². The molecule has 8 heteroatoms. The number of anilines is 1. The van der Waals surface area contributed by atoms with Gasteiger partial charge in [0.2, 0.25) is 11.8 Å². The molecule has 0 atom stereocenters. The average molecular weight is 381 g/mol. The smallest absolute Gasteiger partial charge is 0.225 e. The molecule has 1 saturated carbocycles. The number of nitrogens with zero attached hydrogens (tertiary/aromatic N) is 6. The number of ether oxygens (including phenoxy) is 1. The molecule has 1 saturated heterocycles. The summed E-state index contributed by atoms with van der Waals surface area (Å²) in [5, 5.41) is 0. The van der Waals surface area contributed by atoms with Crippen molar-refractivity contribution in [1.82, 2.24) is 19.9 Å². The van der Waals surface area contributed by atoms with Gasteiger partial charge in [0.15, 0.2) is 5.96 Å². The summed E-state index contributed by atoms with van der Waals surface area (Å²) >= 11 is 0. The standard InChI is InChI=1S/C20H27N7O/c21-19(26-11-13-27(14-12-26)20-23-9-4-10-24-20)25-15-16-5-3-8-22-18(16)28-17-6-1-2-7-17/h3-5,8-10,17H,1-2,6-7,11-15H2,(H2,21,25). The van der Waals surface area contributed by atoms with E-state index in [1.54, 1.807) is 18.6 Å². The maximum absolute atomic E-state index is 6.26. The summed E-state index contributed by atoms with van der Waals surface area (Å²) in [6, 6.07) is 5.76. The summed E-state index contributed by atoms with van der Waals surface area (Å²) in [4.78, 5) is 21.9. The molecule has 8 nitrogen and oxygen atoms in total. The van der Waals surface area contributed by atoms with Crippen LogP contribution in [0.2, 0.25) is 0 Å². The fourth-order valence-electron chi connectivity index (χ4n) is 3.67. The van der Waals surface area contributed by atoms with Gasteiger partial charge in [-0.15, -0.1) is 0 Å². The second-order valence-corrected chi connectivity index (χ2v) is 7.19. The van der Waals surface area contributed by atoms with Crippen LogP contribution in [0.5, 0.6) is 5.88 Å². The topological polar surface area (TPSA) is 92.8 Å². The summed E-state index contributed by atoms with van der Waals surface area (Å²) < 4.78 is 6.09. The third kappa shape index (κ3) is 4.49. The van der Waals surface area contributed by atoms with Gasteiger partial charge >= 0.3 is 0 Å². The molecule has 0 bridgehead atoms. The Hall–Kier alpha value is -2.90. The molecule has 3 heterocycles. The van der Waals surface area contributed by atoms with Gasteiger partial charge in [0.1, 0.15) is 6.10 Å². The van der Waals surface area contributed by atoms with E-state index in [4.69, 9.17) is 10.5 Å². The van der Waals surface area contributed by atoms with Gasteiger partial charge in [0.05, 0.1) is 6.54 Å². The number of pyridine rings is 1. The van der Waals surface area contributed by atoms with E-state index in [2.05, 4.69) is 29.7 Å². The van der Waals surface area contributed by atoms with Crippen molar-refractivity contribution in [2.24, 2.45) is 10.7 Å². The van der Waals surface area contributed by atoms with Crippen molar-refractivity contribution in [3.05, 3.63) is 42.4 Å². The van der Waals surface area contributed by atoms with Gasteiger partial charge in [-0.25, -0.2) is 19.9 Å². The molecule has 2 aromatic rings. The van der Waals surface area contributed by atoms with Crippen molar-refractivity contribution in [2.45, 2.75) is 38.3 Å². The van der Waals surface area contributed by atoms with Crippen LogP contribution in [0.25, 0.3) is 0 Å². The predicted octanol–water partition coefficient (Wildman–Crippen LogP) is 1.83. The van der Waals surface area contributed by atoms with Gasteiger partial charge in [-0.1, -0.05) is 6.07 Å². The van der Waals surface area contributed by atoms with Crippen molar-refractivity contribution < 1.29 is 4.74 Å². The lowest BCUT2D eigenvalue weighted by Gasteiger charge is -2.35. The highest BCUT2D eigenvalue weighted by Crippen LogP contribution is 2.25. The Bertz CT molecular complexity index is 784. The van der Waals surface area contributed by atoms with Crippen LogP contribution >= 0.6 is 0 Å². The van der Waals surface area contributed by atoms with Gasteiger partial charge < -0.3 is 20.3 Å². The normalized spacial score (nSPS) is 18.5. The van der Waals surface area contributed by atoms with Crippen LogP contribution in [0.1, 0.15) is 31.2 Å². The lowest BCUT2D eigenvalue weighted by atomic mass is 10.2. The minimum absolute atomic E-state index is 0.281.